The molecule has 1 amide bonds. The minimum Gasteiger partial charge on any atom is -0.456 e. The van der Waals surface area contributed by atoms with Crippen molar-refractivity contribution in [3.8, 4) is 11.5 Å². The maximum absolute atomic E-state index is 11.9. The van der Waals surface area contributed by atoms with E-state index in [1.165, 1.54) is 12.3 Å². The number of Topliss-reactive ketones (excluding diaryl/α,β-unsaturated/α-hetero) is 1. The highest BCUT2D eigenvalue weighted by molar-refractivity contribution is 5.98. The molecule has 5 nitrogen and oxygen atoms in total. The number of aromatic nitrogens is 1. The minimum atomic E-state index is -0.582. The Hall–Kier alpha value is -2.69. The number of nitrogens with two attached hydrogens (primary N) is 1. The molecule has 2 aromatic rings. The third-order valence-corrected chi connectivity index (χ3v) is 3.46. The second kappa shape index (κ2) is 5.36. The monoisotopic (exact) mass is 282 g/mol. The van der Waals surface area contributed by atoms with Gasteiger partial charge in [0.25, 0.3) is 5.91 Å². The topological polar surface area (TPSA) is 82.3 Å². The lowest BCUT2D eigenvalue weighted by atomic mass is 9.90. The van der Waals surface area contributed by atoms with Crippen LogP contribution in [-0.2, 0) is 6.42 Å². The number of nitrogens with zero attached hydrogens (tertiary/aromatic N) is 1. The van der Waals surface area contributed by atoms with Crippen molar-refractivity contribution in [2.24, 2.45) is 5.73 Å². The van der Waals surface area contributed by atoms with E-state index in [1.54, 1.807) is 12.1 Å². The summed E-state index contributed by atoms with van der Waals surface area (Å²) in [5.41, 5.74) is 7.12. The normalized spacial score (nSPS) is 13.6. The lowest BCUT2D eigenvalue weighted by molar-refractivity contribution is 0.0969. The van der Waals surface area contributed by atoms with Crippen LogP contribution in [0.1, 0.15) is 39.3 Å². The Balaban J connectivity index is 1.83. The van der Waals surface area contributed by atoms with Gasteiger partial charge in [0.05, 0.1) is 6.20 Å². The van der Waals surface area contributed by atoms with Crippen molar-refractivity contribution in [2.75, 3.05) is 0 Å². The molecule has 5 heteroatoms. The van der Waals surface area contributed by atoms with Crippen molar-refractivity contribution >= 4 is 11.7 Å². The fourth-order valence-electron chi connectivity index (χ4n) is 2.39. The molecule has 0 fully saturated rings. The first kappa shape index (κ1) is 13.3. The number of fused-ring (bicyclic) bond motifs is 1. The molecule has 2 N–H and O–H groups in total. The van der Waals surface area contributed by atoms with Crippen molar-refractivity contribution in [1.29, 1.82) is 0 Å². The van der Waals surface area contributed by atoms with Crippen LogP contribution in [0.2, 0.25) is 0 Å². The number of carbonyl (C=O) groups is 2. The fraction of sp³-hybridized carbons (Fsp3) is 0.188. The summed E-state index contributed by atoms with van der Waals surface area (Å²) >= 11 is 0. The first-order chi connectivity index (χ1) is 10.1. The van der Waals surface area contributed by atoms with E-state index in [0.717, 1.165) is 24.0 Å². The van der Waals surface area contributed by atoms with Crippen LogP contribution >= 0.6 is 0 Å². The van der Waals surface area contributed by atoms with Gasteiger partial charge in [0, 0.05) is 12.0 Å². The van der Waals surface area contributed by atoms with E-state index in [9.17, 15) is 9.59 Å². The maximum Gasteiger partial charge on any atom is 0.267 e. The maximum atomic E-state index is 11.9. The number of primary amides is 1. The highest BCUT2D eigenvalue weighted by Gasteiger charge is 2.17. The van der Waals surface area contributed by atoms with Gasteiger partial charge in [0.1, 0.15) is 17.2 Å². The molecule has 1 aliphatic carbocycles. The standard InChI is InChI=1S/C16H14N2O3/c17-16(20)14-7-6-12(9-18-14)21-11-5-4-10-2-1-3-15(19)13(10)8-11/h4-9H,1-3H2,(H2,17,20). The molecule has 0 saturated carbocycles. The van der Waals surface area contributed by atoms with Gasteiger partial charge >= 0.3 is 0 Å². The van der Waals surface area contributed by atoms with Gasteiger partial charge in [-0.05, 0) is 42.7 Å². The Bertz CT molecular complexity index is 708. The van der Waals surface area contributed by atoms with Crippen LogP contribution in [0.25, 0.3) is 0 Å². The predicted octanol–water partition coefficient (Wildman–Crippen LogP) is 2.49. The Morgan fingerprint density at radius 3 is 2.67 bits per heavy atom. The summed E-state index contributed by atoms with van der Waals surface area (Å²) in [7, 11) is 0. The average molecular weight is 282 g/mol. The Morgan fingerprint density at radius 1 is 1.14 bits per heavy atom. The number of carbonyl (C=O) groups excluding carboxylic acids is 2. The van der Waals surface area contributed by atoms with Crippen molar-refractivity contribution in [3.63, 3.8) is 0 Å². The van der Waals surface area contributed by atoms with Gasteiger partial charge in [-0.25, -0.2) is 4.98 Å². The number of aryl methyl sites for hydroxylation is 1. The molecule has 0 spiro atoms. The third kappa shape index (κ3) is 2.76. The number of ketones is 1. The molecule has 21 heavy (non-hydrogen) atoms. The van der Waals surface area contributed by atoms with Gasteiger partial charge in [-0.1, -0.05) is 6.07 Å². The van der Waals surface area contributed by atoms with Crippen LogP contribution in [0.3, 0.4) is 0 Å². The smallest absolute Gasteiger partial charge is 0.267 e. The summed E-state index contributed by atoms with van der Waals surface area (Å²) in [6, 6.07) is 8.64. The van der Waals surface area contributed by atoms with Gasteiger partial charge in [0.15, 0.2) is 5.78 Å². The third-order valence-electron chi connectivity index (χ3n) is 3.46. The van der Waals surface area contributed by atoms with E-state index in [-0.39, 0.29) is 11.5 Å². The SMILES string of the molecule is NC(=O)c1ccc(Oc2ccc3c(c2)C(=O)CCC3)cn1. The molecule has 0 atom stereocenters. The molecule has 106 valence electrons. The van der Waals surface area contributed by atoms with E-state index in [0.29, 0.717) is 17.9 Å². The van der Waals surface area contributed by atoms with Crippen LogP contribution in [0.5, 0.6) is 11.5 Å². The lowest BCUT2D eigenvalue weighted by Crippen LogP contribution is -2.12. The van der Waals surface area contributed by atoms with Gasteiger partial charge in [-0.15, -0.1) is 0 Å². The predicted molar refractivity (Wildman–Crippen MR) is 76.5 cm³/mol. The molecule has 0 saturated heterocycles. The van der Waals surface area contributed by atoms with Gasteiger partial charge < -0.3 is 10.5 Å². The molecular weight excluding hydrogens is 268 g/mol. The van der Waals surface area contributed by atoms with Crippen LogP contribution in [-0.4, -0.2) is 16.7 Å². The fourth-order valence-corrected chi connectivity index (χ4v) is 2.39. The number of hydrogen-bond donors (Lipinski definition) is 1. The molecular formula is C16H14N2O3. The first-order valence-electron chi connectivity index (χ1n) is 6.73. The Morgan fingerprint density at radius 2 is 1.95 bits per heavy atom. The van der Waals surface area contributed by atoms with Crippen molar-refractivity contribution < 1.29 is 14.3 Å². The summed E-state index contributed by atoms with van der Waals surface area (Å²) in [6.07, 6.45) is 3.85. The Kier molecular flexibility index (Phi) is 3.39. The first-order valence-corrected chi connectivity index (χ1v) is 6.73. The average Bonchev–Trinajstić information content (AvgIpc) is 2.49. The zero-order valence-corrected chi connectivity index (χ0v) is 11.3. The number of hydrogen-bond acceptors (Lipinski definition) is 4. The summed E-state index contributed by atoms with van der Waals surface area (Å²) < 4.78 is 5.66. The molecule has 1 aliphatic rings. The Labute approximate surface area is 121 Å². The second-order valence-corrected chi connectivity index (χ2v) is 4.94. The lowest BCUT2D eigenvalue weighted by Gasteiger charge is -2.15. The molecule has 0 aliphatic heterocycles. The quantitative estimate of drug-likeness (QED) is 0.937. The van der Waals surface area contributed by atoms with Crippen LogP contribution in [0.4, 0.5) is 0 Å². The summed E-state index contributed by atoms with van der Waals surface area (Å²) in [5, 5.41) is 0. The van der Waals surface area contributed by atoms with E-state index in [4.69, 9.17) is 10.5 Å². The van der Waals surface area contributed by atoms with E-state index in [1.807, 2.05) is 12.1 Å². The summed E-state index contributed by atoms with van der Waals surface area (Å²) in [6.45, 7) is 0. The van der Waals surface area contributed by atoms with Crippen molar-refractivity contribution in [2.45, 2.75) is 19.3 Å². The highest BCUT2D eigenvalue weighted by atomic mass is 16.5. The number of benzene rings is 1. The zero-order chi connectivity index (χ0) is 14.8. The molecule has 1 aromatic heterocycles. The molecule has 1 heterocycles. The minimum absolute atomic E-state index is 0.156. The highest BCUT2D eigenvalue weighted by Crippen LogP contribution is 2.28. The van der Waals surface area contributed by atoms with Gasteiger partial charge in [0.2, 0.25) is 0 Å². The zero-order valence-electron chi connectivity index (χ0n) is 11.3. The second-order valence-electron chi connectivity index (χ2n) is 4.94. The molecule has 0 radical (unpaired) electrons. The molecule has 0 unspecified atom stereocenters. The summed E-state index contributed by atoms with van der Waals surface area (Å²) in [5.74, 6) is 0.644. The van der Waals surface area contributed by atoms with Crippen LogP contribution < -0.4 is 10.5 Å². The molecule has 0 bridgehead atoms. The van der Waals surface area contributed by atoms with Crippen molar-refractivity contribution in [1.82, 2.24) is 4.98 Å². The van der Waals surface area contributed by atoms with Gasteiger partial charge in [-0.3, -0.25) is 9.59 Å². The van der Waals surface area contributed by atoms with Crippen LogP contribution in [0, 0.1) is 0 Å². The largest absolute Gasteiger partial charge is 0.456 e. The number of rotatable bonds is 3. The number of amides is 1. The van der Waals surface area contributed by atoms with E-state index >= 15 is 0 Å². The summed E-state index contributed by atoms with van der Waals surface area (Å²) in [4.78, 5) is 26.7. The van der Waals surface area contributed by atoms with Crippen LogP contribution in [0.15, 0.2) is 36.5 Å². The number of pyridine rings is 1. The van der Waals surface area contributed by atoms with Gasteiger partial charge in [-0.2, -0.15) is 0 Å². The molecule has 3 rings (SSSR count). The molecule has 1 aromatic carbocycles. The van der Waals surface area contributed by atoms with Crippen molar-refractivity contribution in [3.05, 3.63) is 53.3 Å². The number of ether oxygens (including phenoxy) is 1. The van der Waals surface area contributed by atoms with E-state index in [2.05, 4.69) is 4.98 Å². The van der Waals surface area contributed by atoms with E-state index < -0.39 is 5.91 Å².